The molecule has 3 nitrogen and oxygen atoms in total. The van der Waals surface area contributed by atoms with Gasteiger partial charge in [0, 0.05) is 31.9 Å². The van der Waals surface area contributed by atoms with E-state index in [0.717, 1.165) is 17.8 Å². The lowest BCUT2D eigenvalue weighted by atomic mass is 10.0. The largest absolute Gasteiger partial charge is 0.370 e. The average molecular weight is 265 g/mol. The van der Waals surface area contributed by atoms with Crippen LogP contribution in [-0.4, -0.2) is 45.2 Å². The van der Waals surface area contributed by atoms with Gasteiger partial charge in [0.05, 0.1) is 0 Å². The van der Waals surface area contributed by atoms with Gasteiger partial charge in [-0.2, -0.15) is 0 Å². The van der Waals surface area contributed by atoms with E-state index >= 15 is 0 Å². The number of hydrogen-bond acceptors (Lipinski definition) is 3. The number of piperidine rings is 1. The summed E-state index contributed by atoms with van der Waals surface area (Å²) in [5.41, 5.74) is 1.97. The molecule has 0 radical (unpaired) electrons. The lowest BCUT2D eigenvalue weighted by Gasteiger charge is -2.37. The van der Waals surface area contributed by atoms with E-state index in [-0.39, 0.29) is 5.82 Å². The summed E-state index contributed by atoms with van der Waals surface area (Å²) in [6, 6.07) is 5.78. The van der Waals surface area contributed by atoms with Crippen molar-refractivity contribution in [1.82, 2.24) is 10.2 Å². The van der Waals surface area contributed by atoms with Crippen LogP contribution in [0.15, 0.2) is 18.2 Å². The molecule has 1 aromatic carbocycles. The second-order valence-corrected chi connectivity index (χ2v) is 5.52. The molecule has 0 amide bonds. The Labute approximate surface area is 115 Å². The van der Waals surface area contributed by atoms with Crippen LogP contribution in [0.3, 0.4) is 0 Å². The summed E-state index contributed by atoms with van der Waals surface area (Å²) in [6.45, 7) is 2.91. The second kappa shape index (κ2) is 6.35. The standard InChI is InChI=1S/C15H24FN3/c1-17-10-12-7-13(16)9-15(8-12)19(3)14-5-4-6-18(2)11-14/h7-9,14,17H,4-6,10-11H2,1-3H3. The molecule has 1 aliphatic rings. The molecule has 0 aliphatic carbocycles. The summed E-state index contributed by atoms with van der Waals surface area (Å²) >= 11 is 0. The molecule has 0 spiro atoms. The van der Waals surface area contributed by atoms with Crippen molar-refractivity contribution in [2.24, 2.45) is 0 Å². The number of nitrogens with one attached hydrogen (secondary N) is 1. The zero-order valence-electron chi connectivity index (χ0n) is 12.1. The fourth-order valence-corrected chi connectivity index (χ4v) is 2.81. The maximum atomic E-state index is 13.7. The molecule has 1 N–H and O–H groups in total. The summed E-state index contributed by atoms with van der Waals surface area (Å²) in [5, 5.41) is 3.07. The molecular weight excluding hydrogens is 241 g/mol. The van der Waals surface area contributed by atoms with Gasteiger partial charge in [-0.1, -0.05) is 0 Å². The van der Waals surface area contributed by atoms with Gasteiger partial charge in [0.2, 0.25) is 0 Å². The number of halogens is 1. The Kier molecular flexibility index (Phi) is 4.77. The van der Waals surface area contributed by atoms with E-state index in [9.17, 15) is 4.39 Å². The first kappa shape index (κ1) is 14.3. The van der Waals surface area contributed by atoms with Gasteiger partial charge in [0.15, 0.2) is 0 Å². The van der Waals surface area contributed by atoms with Crippen molar-refractivity contribution in [3.63, 3.8) is 0 Å². The molecule has 0 aromatic heterocycles. The third-order valence-electron chi connectivity index (χ3n) is 3.88. The van der Waals surface area contributed by atoms with E-state index in [2.05, 4.69) is 35.3 Å². The van der Waals surface area contributed by atoms with Crippen molar-refractivity contribution in [2.75, 3.05) is 39.1 Å². The molecule has 0 saturated carbocycles. The Morgan fingerprint density at radius 2 is 2.21 bits per heavy atom. The predicted octanol–water partition coefficient (Wildman–Crippen LogP) is 2.08. The topological polar surface area (TPSA) is 18.5 Å². The van der Waals surface area contributed by atoms with Crippen LogP contribution in [-0.2, 0) is 6.54 Å². The first-order chi connectivity index (χ1) is 9.10. The highest BCUT2D eigenvalue weighted by Crippen LogP contribution is 2.23. The summed E-state index contributed by atoms with van der Waals surface area (Å²) < 4.78 is 13.7. The average Bonchev–Trinajstić information content (AvgIpc) is 2.37. The van der Waals surface area contributed by atoms with Crippen molar-refractivity contribution >= 4 is 5.69 Å². The Bertz CT molecular complexity index is 422. The van der Waals surface area contributed by atoms with Crippen LogP contribution in [0.5, 0.6) is 0 Å². The van der Waals surface area contributed by atoms with Gasteiger partial charge < -0.3 is 15.1 Å². The lowest BCUT2D eigenvalue weighted by Crippen LogP contribution is -2.45. The van der Waals surface area contributed by atoms with E-state index in [1.807, 2.05) is 7.05 Å². The lowest BCUT2D eigenvalue weighted by molar-refractivity contribution is 0.248. The highest BCUT2D eigenvalue weighted by molar-refractivity contribution is 5.49. The number of hydrogen-bond donors (Lipinski definition) is 1. The number of nitrogens with zero attached hydrogens (tertiary/aromatic N) is 2. The molecule has 1 heterocycles. The van der Waals surface area contributed by atoms with E-state index in [1.165, 1.54) is 19.4 Å². The minimum Gasteiger partial charge on any atom is -0.370 e. The van der Waals surface area contributed by atoms with Gasteiger partial charge in [-0.05, 0) is 57.2 Å². The zero-order chi connectivity index (χ0) is 13.8. The zero-order valence-corrected chi connectivity index (χ0v) is 12.1. The molecule has 0 bridgehead atoms. The van der Waals surface area contributed by atoms with Crippen LogP contribution >= 0.6 is 0 Å². The number of benzene rings is 1. The van der Waals surface area contributed by atoms with Crippen molar-refractivity contribution in [1.29, 1.82) is 0 Å². The van der Waals surface area contributed by atoms with E-state index in [4.69, 9.17) is 0 Å². The van der Waals surface area contributed by atoms with E-state index < -0.39 is 0 Å². The quantitative estimate of drug-likeness (QED) is 0.899. The molecule has 2 rings (SSSR count). The van der Waals surface area contributed by atoms with Crippen LogP contribution < -0.4 is 10.2 Å². The van der Waals surface area contributed by atoms with E-state index in [1.54, 1.807) is 12.1 Å². The van der Waals surface area contributed by atoms with Gasteiger partial charge in [0.1, 0.15) is 5.82 Å². The second-order valence-electron chi connectivity index (χ2n) is 5.52. The SMILES string of the molecule is CNCc1cc(F)cc(N(C)C2CCCN(C)C2)c1. The molecule has 106 valence electrons. The number of likely N-dealkylation sites (N-methyl/N-ethyl adjacent to an activating group) is 2. The van der Waals surface area contributed by atoms with Crippen molar-refractivity contribution in [2.45, 2.75) is 25.4 Å². The number of likely N-dealkylation sites (tertiary alicyclic amines) is 1. The minimum absolute atomic E-state index is 0.154. The highest BCUT2D eigenvalue weighted by Gasteiger charge is 2.21. The molecule has 1 atom stereocenters. The molecule has 19 heavy (non-hydrogen) atoms. The summed E-state index contributed by atoms with van der Waals surface area (Å²) in [4.78, 5) is 4.57. The van der Waals surface area contributed by atoms with Gasteiger partial charge >= 0.3 is 0 Å². The normalized spacial score (nSPS) is 20.5. The molecule has 1 unspecified atom stereocenters. The fraction of sp³-hybridized carbons (Fsp3) is 0.600. The van der Waals surface area contributed by atoms with Crippen molar-refractivity contribution in [3.05, 3.63) is 29.6 Å². The maximum absolute atomic E-state index is 13.7. The highest BCUT2D eigenvalue weighted by atomic mass is 19.1. The van der Waals surface area contributed by atoms with Crippen LogP contribution in [0, 0.1) is 5.82 Å². The number of rotatable bonds is 4. The van der Waals surface area contributed by atoms with Crippen LogP contribution in [0.25, 0.3) is 0 Å². The van der Waals surface area contributed by atoms with Crippen LogP contribution in [0.4, 0.5) is 10.1 Å². The van der Waals surface area contributed by atoms with Crippen LogP contribution in [0.1, 0.15) is 18.4 Å². The van der Waals surface area contributed by atoms with Crippen molar-refractivity contribution in [3.8, 4) is 0 Å². The summed E-state index contributed by atoms with van der Waals surface area (Å²) in [5.74, 6) is -0.154. The Morgan fingerprint density at radius 1 is 1.42 bits per heavy atom. The Balaban J connectivity index is 2.15. The first-order valence-corrected chi connectivity index (χ1v) is 6.95. The molecule has 1 saturated heterocycles. The Morgan fingerprint density at radius 3 is 2.89 bits per heavy atom. The first-order valence-electron chi connectivity index (χ1n) is 6.95. The number of anilines is 1. The molecule has 4 heteroatoms. The molecule has 1 aromatic rings. The van der Waals surface area contributed by atoms with Crippen LogP contribution in [0.2, 0.25) is 0 Å². The smallest absolute Gasteiger partial charge is 0.125 e. The minimum atomic E-state index is -0.154. The maximum Gasteiger partial charge on any atom is 0.125 e. The Hall–Kier alpha value is -1.13. The fourth-order valence-electron chi connectivity index (χ4n) is 2.81. The van der Waals surface area contributed by atoms with Gasteiger partial charge in [0.25, 0.3) is 0 Å². The van der Waals surface area contributed by atoms with Gasteiger partial charge in [-0.3, -0.25) is 0 Å². The third-order valence-corrected chi connectivity index (χ3v) is 3.88. The van der Waals surface area contributed by atoms with E-state index in [0.29, 0.717) is 12.6 Å². The molecule has 1 fully saturated rings. The van der Waals surface area contributed by atoms with Gasteiger partial charge in [-0.25, -0.2) is 4.39 Å². The monoisotopic (exact) mass is 265 g/mol. The molecular formula is C15H24FN3. The predicted molar refractivity (Wildman–Crippen MR) is 78.1 cm³/mol. The van der Waals surface area contributed by atoms with Gasteiger partial charge in [-0.15, -0.1) is 0 Å². The summed E-state index contributed by atoms with van der Waals surface area (Å²) in [6.07, 6.45) is 2.39. The van der Waals surface area contributed by atoms with Crippen molar-refractivity contribution < 1.29 is 4.39 Å². The summed E-state index contributed by atoms with van der Waals surface area (Å²) in [7, 11) is 6.10. The molecule has 1 aliphatic heterocycles. The third kappa shape index (κ3) is 3.67.